The summed E-state index contributed by atoms with van der Waals surface area (Å²) in [6.07, 6.45) is 4.70. The summed E-state index contributed by atoms with van der Waals surface area (Å²) in [6, 6.07) is 0. The van der Waals surface area contributed by atoms with E-state index in [1.165, 1.54) is 32.4 Å². The van der Waals surface area contributed by atoms with Crippen molar-refractivity contribution < 1.29 is 8.42 Å². The lowest BCUT2D eigenvalue weighted by atomic mass is 10.1. The summed E-state index contributed by atoms with van der Waals surface area (Å²) in [4.78, 5) is 6.65. The Morgan fingerprint density at radius 1 is 1.09 bits per heavy atom. The van der Waals surface area contributed by atoms with Crippen molar-refractivity contribution in [3.63, 3.8) is 0 Å². The minimum atomic E-state index is -3.08. The maximum absolute atomic E-state index is 11.3. The molecule has 0 aromatic carbocycles. The van der Waals surface area contributed by atoms with Crippen molar-refractivity contribution in [2.24, 2.45) is 4.99 Å². The molecule has 0 saturated carbocycles. The van der Waals surface area contributed by atoms with E-state index in [0.717, 1.165) is 25.5 Å². The summed E-state index contributed by atoms with van der Waals surface area (Å²) in [6.45, 7) is 7.09. The van der Waals surface area contributed by atoms with E-state index in [2.05, 4.69) is 25.2 Å². The number of piperidine rings is 1. The first kappa shape index (κ1) is 19.2. The third-order valence-electron chi connectivity index (χ3n) is 3.74. The fourth-order valence-electron chi connectivity index (χ4n) is 2.36. The van der Waals surface area contributed by atoms with Crippen molar-refractivity contribution in [3.05, 3.63) is 0 Å². The first-order chi connectivity index (χ1) is 10.6. The fourth-order valence-corrected chi connectivity index (χ4v) is 3.02. The molecule has 1 saturated heterocycles. The van der Waals surface area contributed by atoms with Gasteiger partial charge in [-0.05, 0) is 39.3 Å². The van der Waals surface area contributed by atoms with Crippen LogP contribution in [0.5, 0.6) is 0 Å². The van der Waals surface area contributed by atoms with Crippen LogP contribution in [-0.4, -0.2) is 71.3 Å². The van der Waals surface area contributed by atoms with Crippen molar-refractivity contribution in [3.8, 4) is 0 Å². The molecular formula is C14H31N5O2S. The number of aliphatic imine (C=N–C) groups is 1. The van der Waals surface area contributed by atoms with Crippen LogP contribution in [0.15, 0.2) is 4.99 Å². The second-order valence-corrected chi connectivity index (χ2v) is 7.57. The Morgan fingerprint density at radius 2 is 1.77 bits per heavy atom. The predicted octanol–water partition coefficient (Wildman–Crippen LogP) is -0.0333. The number of likely N-dealkylation sites (tertiary alicyclic amines) is 1. The largest absolute Gasteiger partial charge is 0.356 e. The van der Waals surface area contributed by atoms with Crippen LogP contribution in [-0.2, 0) is 10.0 Å². The van der Waals surface area contributed by atoms with Gasteiger partial charge in [-0.15, -0.1) is 0 Å². The monoisotopic (exact) mass is 333 g/mol. The number of sulfonamides is 1. The highest BCUT2D eigenvalue weighted by Crippen LogP contribution is 2.07. The van der Waals surface area contributed by atoms with E-state index in [0.29, 0.717) is 13.1 Å². The molecule has 0 aromatic heterocycles. The molecule has 0 unspecified atom stereocenters. The summed E-state index contributed by atoms with van der Waals surface area (Å²) in [5.74, 6) is 0.899. The molecule has 3 N–H and O–H groups in total. The van der Waals surface area contributed by atoms with Gasteiger partial charge < -0.3 is 15.5 Å². The minimum Gasteiger partial charge on any atom is -0.356 e. The number of hydrogen-bond acceptors (Lipinski definition) is 4. The smallest absolute Gasteiger partial charge is 0.211 e. The van der Waals surface area contributed by atoms with Gasteiger partial charge in [0.05, 0.1) is 5.75 Å². The molecule has 0 bridgehead atoms. The van der Waals surface area contributed by atoms with Crippen LogP contribution in [0.3, 0.4) is 0 Å². The Kier molecular flexibility index (Phi) is 9.42. The quantitative estimate of drug-likeness (QED) is 0.313. The van der Waals surface area contributed by atoms with Crippen LogP contribution in [0.25, 0.3) is 0 Å². The molecule has 1 fully saturated rings. The standard InChI is InChI=1S/C14H31N5O2S/c1-3-22(20,21)18-9-7-8-16-14(15-2)17-10-13-19-11-5-4-6-12-19/h18H,3-13H2,1-2H3,(H2,15,16,17). The van der Waals surface area contributed by atoms with Gasteiger partial charge in [-0.1, -0.05) is 6.42 Å². The van der Waals surface area contributed by atoms with Gasteiger partial charge in [0.15, 0.2) is 5.96 Å². The summed E-state index contributed by atoms with van der Waals surface area (Å²) in [5, 5.41) is 6.49. The Morgan fingerprint density at radius 3 is 2.41 bits per heavy atom. The van der Waals surface area contributed by atoms with Crippen LogP contribution in [0, 0.1) is 0 Å². The molecule has 0 amide bonds. The lowest BCUT2D eigenvalue weighted by Crippen LogP contribution is -2.43. The Labute approximate surface area is 135 Å². The topological polar surface area (TPSA) is 85.8 Å². The van der Waals surface area contributed by atoms with Crippen molar-refractivity contribution in [2.45, 2.75) is 32.6 Å². The van der Waals surface area contributed by atoms with E-state index in [9.17, 15) is 8.42 Å². The Balaban J connectivity index is 2.07. The summed E-state index contributed by atoms with van der Waals surface area (Å²) in [7, 11) is -1.34. The van der Waals surface area contributed by atoms with Gasteiger partial charge in [0.25, 0.3) is 0 Å². The van der Waals surface area contributed by atoms with Gasteiger partial charge in [-0.3, -0.25) is 4.99 Å². The Hall–Kier alpha value is -0.860. The first-order valence-corrected chi connectivity index (χ1v) is 9.87. The Bertz CT molecular complexity index is 419. The highest BCUT2D eigenvalue weighted by atomic mass is 32.2. The van der Waals surface area contributed by atoms with E-state index in [-0.39, 0.29) is 5.75 Å². The number of hydrogen-bond donors (Lipinski definition) is 3. The number of nitrogens with one attached hydrogen (secondary N) is 3. The first-order valence-electron chi connectivity index (χ1n) is 8.21. The summed E-state index contributed by atoms with van der Waals surface area (Å²) < 4.78 is 25.1. The summed E-state index contributed by atoms with van der Waals surface area (Å²) in [5.41, 5.74) is 0. The molecule has 0 radical (unpaired) electrons. The van der Waals surface area contributed by atoms with Gasteiger partial charge in [-0.2, -0.15) is 0 Å². The zero-order valence-electron chi connectivity index (χ0n) is 13.9. The van der Waals surface area contributed by atoms with Crippen LogP contribution in [0.1, 0.15) is 32.6 Å². The molecular weight excluding hydrogens is 302 g/mol. The van der Waals surface area contributed by atoms with E-state index in [4.69, 9.17) is 0 Å². The number of nitrogens with zero attached hydrogens (tertiary/aromatic N) is 2. The molecule has 130 valence electrons. The lowest BCUT2D eigenvalue weighted by molar-refractivity contribution is 0.232. The minimum absolute atomic E-state index is 0.125. The molecule has 0 atom stereocenters. The average molecular weight is 334 g/mol. The maximum atomic E-state index is 11.3. The predicted molar refractivity (Wildman–Crippen MR) is 91.7 cm³/mol. The summed E-state index contributed by atoms with van der Waals surface area (Å²) >= 11 is 0. The van der Waals surface area contributed by atoms with Crippen molar-refractivity contribution in [1.29, 1.82) is 0 Å². The van der Waals surface area contributed by atoms with Gasteiger partial charge in [0.1, 0.15) is 0 Å². The van der Waals surface area contributed by atoms with Gasteiger partial charge in [0.2, 0.25) is 10.0 Å². The molecule has 7 nitrogen and oxygen atoms in total. The van der Waals surface area contributed by atoms with Crippen LogP contribution in [0.2, 0.25) is 0 Å². The van der Waals surface area contributed by atoms with E-state index in [1.807, 2.05) is 0 Å². The average Bonchev–Trinajstić information content (AvgIpc) is 2.53. The van der Waals surface area contributed by atoms with Crippen LogP contribution >= 0.6 is 0 Å². The molecule has 0 spiro atoms. The van der Waals surface area contributed by atoms with Crippen LogP contribution in [0.4, 0.5) is 0 Å². The fraction of sp³-hybridized carbons (Fsp3) is 0.929. The molecule has 1 rings (SSSR count). The molecule has 0 aromatic rings. The molecule has 8 heteroatoms. The normalized spacial score (nSPS) is 17.5. The van der Waals surface area contributed by atoms with E-state index < -0.39 is 10.0 Å². The third-order valence-corrected chi connectivity index (χ3v) is 5.14. The SMILES string of the molecule is CCS(=O)(=O)NCCCNC(=NC)NCCN1CCCCC1. The zero-order chi connectivity index (χ0) is 16.3. The van der Waals surface area contributed by atoms with Crippen molar-refractivity contribution >= 4 is 16.0 Å². The second kappa shape index (κ2) is 10.8. The van der Waals surface area contributed by atoms with Gasteiger partial charge >= 0.3 is 0 Å². The molecule has 1 aliphatic heterocycles. The molecule has 1 heterocycles. The zero-order valence-corrected chi connectivity index (χ0v) is 14.7. The molecule has 0 aliphatic carbocycles. The third kappa shape index (κ3) is 8.55. The molecule has 22 heavy (non-hydrogen) atoms. The van der Waals surface area contributed by atoms with Crippen LogP contribution < -0.4 is 15.4 Å². The van der Waals surface area contributed by atoms with E-state index >= 15 is 0 Å². The molecule has 1 aliphatic rings. The van der Waals surface area contributed by atoms with Crippen molar-refractivity contribution in [2.75, 3.05) is 52.1 Å². The second-order valence-electron chi connectivity index (χ2n) is 5.48. The number of guanidine groups is 1. The van der Waals surface area contributed by atoms with Crippen molar-refractivity contribution in [1.82, 2.24) is 20.3 Å². The highest BCUT2D eigenvalue weighted by molar-refractivity contribution is 7.89. The van der Waals surface area contributed by atoms with Gasteiger partial charge in [-0.25, -0.2) is 13.1 Å². The highest BCUT2D eigenvalue weighted by Gasteiger charge is 2.09. The number of rotatable bonds is 9. The van der Waals surface area contributed by atoms with E-state index in [1.54, 1.807) is 14.0 Å². The van der Waals surface area contributed by atoms with Gasteiger partial charge in [0, 0.05) is 33.2 Å². The maximum Gasteiger partial charge on any atom is 0.211 e. The lowest BCUT2D eigenvalue weighted by Gasteiger charge is -2.26.